The summed E-state index contributed by atoms with van der Waals surface area (Å²) in [5.41, 5.74) is 0.990. The molecule has 1 fully saturated rings. The highest BCUT2D eigenvalue weighted by atomic mass is 79.9. The third kappa shape index (κ3) is 4.22. The zero-order valence-corrected chi connectivity index (χ0v) is 16.1. The average Bonchev–Trinajstić information content (AvgIpc) is 3.19. The van der Waals surface area contributed by atoms with Gasteiger partial charge in [0.15, 0.2) is 0 Å². The van der Waals surface area contributed by atoms with Crippen LogP contribution in [0.5, 0.6) is 0 Å². The Hall–Kier alpha value is -1.85. The van der Waals surface area contributed by atoms with Gasteiger partial charge in [-0.15, -0.1) is 10.2 Å². The van der Waals surface area contributed by atoms with E-state index in [1.807, 2.05) is 29.0 Å². The van der Waals surface area contributed by atoms with Gasteiger partial charge in [0.25, 0.3) is 14.4 Å². The highest BCUT2D eigenvalue weighted by Gasteiger charge is 2.45. The molecule has 0 saturated heterocycles. The Kier molecular flexibility index (Phi) is 4.89. The summed E-state index contributed by atoms with van der Waals surface area (Å²) in [7, 11) is -4.11. The number of nitrogens with zero attached hydrogens (tertiary/aromatic N) is 2. The Labute approximate surface area is 156 Å². The van der Waals surface area contributed by atoms with E-state index in [-0.39, 0.29) is 21.3 Å². The van der Waals surface area contributed by atoms with Gasteiger partial charge in [-0.1, -0.05) is 39.4 Å². The minimum absolute atomic E-state index is 0.00709. The zero-order valence-electron chi connectivity index (χ0n) is 12.9. The summed E-state index contributed by atoms with van der Waals surface area (Å²) >= 11 is 4.02. The number of rotatable bonds is 5. The molecule has 25 heavy (non-hydrogen) atoms. The Morgan fingerprint density at radius 2 is 1.92 bits per heavy atom. The number of anilines is 1. The molecular formula is C14H13BrN4O4S2. The molecule has 1 aliphatic rings. The summed E-state index contributed by atoms with van der Waals surface area (Å²) in [4.78, 5) is 23.2. The van der Waals surface area contributed by atoms with Crippen molar-refractivity contribution in [2.75, 3.05) is 5.32 Å². The predicted octanol–water partition coefficient (Wildman–Crippen LogP) is 1.87. The third-order valence-electron chi connectivity index (χ3n) is 3.58. The number of carbonyl (C=O) groups excluding carboxylic acids is 2. The van der Waals surface area contributed by atoms with Crippen molar-refractivity contribution in [3.8, 4) is 0 Å². The van der Waals surface area contributed by atoms with Gasteiger partial charge in [-0.3, -0.25) is 9.59 Å². The molecule has 2 amide bonds. The lowest BCUT2D eigenvalue weighted by Gasteiger charge is -2.04. The summed E-state index contributed by atoms with van der Waals surface area (Å²) in [5, 5.41) is 9.47. The van der Waals surface area contributed by atoms with Crippen molar-refractivity contribution in [3.63, 3.8) is 0 Å². The largest absolute Gasteiger partial charge is 0.301 e. The first-order valence-electron chi connectivity index (χ1n) is 7.19. The predicted molar refractivity (Wildman–Crippen MR) is 94.5 cm³/mol. The van der Waals surface area contributed by atoms with Crippen molar-refractivity contribution >= 4 is 54.2 Å². The van der Waals surface area contributed by atoms with Gasteiger partial charge < -0.3 is 5.32 Å². The van der Waals surface area contributed by atoms with Crippen LogP contribution >= 0.6 is 27.3 Å². The Balaban J connectivity index is 1.65. The van der Waals surface area contributed by atoms with Crippen molar-refractivity contribution in [2.24, 2.45) is 5.92 Å². The smallest absolute Gasteiger partial charge is 0.293 e. The van der Waals surface area contributed by atoms with Gasteiger partial charge in [-0.2, -0.15) is 8.42 Å². The number of aromatic nitrogens is 2. The average molecular weight is 445 g/mol. The molecule has 11 heteroatoms. The molecule has 1 aromatic heterocycles. The van der Waals surface area contributed by atoms with Gasteiger partial charge in [-0.25, -0.2) is 4.72 Å². The number of nitrogens with one attached hydrogen (secondary N) is 2. The second kappa shape index (κ2) is 6.81. The Bertz CT molecular complexity index is 927. The van der Waals surface area contributed by atoms with E-state index in [0.717, 1.165) is 10.0 Å². The first kappa shape index (κ1) is 18.0. The third-order valence-corrected chi connectivity index (χ3v) is 6.66. The molecular weight excluding hydrogens is 432 g/mol. The molecule has 0 aliphatic heterocycles. The molecule has 1 aliphatic carbocycles. The van der Waals surface area contributed by atoms with Crippen LogP contribution in [-0.2, 0) is 19.6 Å². The topological polar surface area (TPSA) is 118 Å². The molecule has 3 rings (SSSR count). The number of halogens is 1. The van der Waals surface area contributed by atoms with Crippen LogP contribution in [0.1, 0.15) is 24.8 Å². The molecule has 0 unspecified atom stereocenters. The maximum atomic E-state index is 12.2. The van der Waals surface area contributed by atoms with Crippen LogP contribution < -0.4 is 10.0 Å². The van der Waals surface area contributed by atoms with Gasteiger partial charge >= 0.3 is 0 Å². The highest BCUT2D eigenvalue weighted by Crippen LogP contribution is 2.47. The van der Waals surface area contributed by atoms with Crippen molar-refractivity contribution < 1.29 is 18.0 Å². The van der Waals surface area contributed by atoms with Crippen LogP contribution in [0.2, 0.25) is 0 Å². The maximum absolute atomic E-state index is 12.2. The molecule has 132 valence electrons. The summed E-state index contributed by atoms with van der Waals surface area (Å²) in [6.07, 6.45) is 0.593. The lowest BCUT2D eigenvalue weighted by Crippen LogP contribution is -2.32. The molecule has 1 heterocycles. The highest BCUT2D eigenvalue weighted by molar-refractivity contribution is 9.10. The lowest BCUT2D eigenvalue weighted by atomic mass is 10.1. The van der Waals surface area contributed by atoms with Crippen LogP contribution in [0.4, 0.5) is 5.13 Å². The molecule has 2 N–H and O–H groups in total. The first-order valence-corrected chi connectivity index (χ1v) is 10.3. The summed E-state index contributed by atoms with van der Waals surface area (Å²) < 4.78 is 27.0. The van der Waals surface area contributed by atoms with E-state index in [0.29, 0.717) is 17.8 Å². The van der Waals surface area contributed by atoms with Gasteiger partial charge in [0.2, 0.25) is 16.9 Å². The van der Waals surface area contributed by atoms with E-state index >= 15 is 0 Å². The number of carbonyl (C=O) groups is 2. The van der Waals surface area contributed by atoms with Crippen LogP contribution in [0.15, 0.2) is 33.1 Å². The molecule has 2 aromatic rings. The number of sulfonamides is 1. The normalized spacial score (nSPS) is 19.3. The van der Waals surface area contributed by atoms with Crippen molar-refractivity contribution in [1.82, 2.24) is 14.9 Å². The number of hydrogen-bond donors (Lipinski definition) is 2. The molecule has 0 spiro atoms. The summed E-state index contributed by atoms with van der Waals surface area (Å²) in [5.74, 6) is -1.34. The maximum Gasteiger partial charge on any atom is 0.293 e. The lowest BCUT2D eigenvalue weighted by molar-refractivity contribution is -0.120. The van der Waals surface area contributed by atoms with E-state index in [1.165, 1.54) is 6.92 Å². The zero-order chi connectivity index (χ0) is 18.2. The molecule has 1 saturated carbocycles. The minimum Gasteiger partial charge on any atom is -0.301 e. The summed E-state index contributed by atoms with van der Waals surface area (Å²) in [6, 6.07) is 7.57. The van der Waals surface area contributed by atoms with Crippen molar-refractivity contribution in [1.29, 1.82) is 0 Å². The van der Waals surface area contributed by atoms with Gasteiger partial charge in [0, 0.05) is 17.3 Å². The van der Waals surface area contributed by atoms with Crippen LogP contribution in [-0.4, -0.2) is 30.4 Å². The minimum atomic E-state index is -4.11. The standard InChI is InChI=1S/C14H13BrN4O4S2/c1-7(20)16-13-17-18-14(24-13)25(22,23)19-12(21)11-6-10(11)8-2-4-9(15)5-3-8/h2-5,10-11H,6H2,1H3,(H,19,21)(H,16,17,20)/t10-,11+/m0/s1. The monoisotopic (exact) mass is 444 g/mol. The molecule has 0 bridgehead atoms. The fraction of sp³-hybridized carbons (Fsp3) is 0.286. The fourth-order valence-electron chi connectivity index (χ4n) is 2.33. The van der Waals surface area contributed by atoms with Crippen LogP contribution in [0, 0.1) is 5.92 Å². The van der Waals surface area contributed by atoms with Gasteiger partial charge in [0.1, 0.15) is 0 Å². The van der Waals surface area contributed by atoms with E-state index in [9.17, 15) is 18.0 Å². The molecule has 1 aromatic carbocycles. The summed E-state index contributed by atoms with van der Waals surface area (Å²) in [6.45, 7) is 1.27. The fourth-order valence-corrected chi connectivity index (χ4v) is 4.57. The second-order valence-corrected chi connectivity index (χ2v) is 9.27. The molecule has 2 atom stereocenters. The van der Waals surface area contributed by atoms with Crippen molar-refractivity contribution in [3.05, 3.63) is 34.3 Å². The quantitative estimate of drug-likeness (QED) is 0.679. The van der Waals surface area contributed by atoms with E-state index in [2.05, 4.69) is 31.4 Å². The van der Waals surface area contributed by atoms with E-state index in [4.69, 9.17) is 0 Å². The van der Waals surface area contributed by atoms with E-state index < -0.39 is 21.8 Å². The SMILES string of the molecule is CC(=O)Nc1nnc(S(=O)(=O)NC(=O)[C@@H]2C[C@H]2c2ccc(Br)cc2)s1. The number of benzene rings is 1. The molecule has 8 nitrogen and oxygen atoms in total. The van der Waals surface area contributed by atoms with Gasteiger partial charge in [0.05, 0.1) is 0 Å². The van der Waals surface area contributed by atoms with E-state index in [1.54, 1.807) is 0 Å². The van der Waals surface area contributed by atoms with Crippen LogP contribution in [0.25, 0.3) is 0 Å². The van der Waals surface area contributed by atoms with Crippen LogP contribution in [0.3, 0.4) is 0 Å². The number of amides is 2. The Morgan fingerprint density at radius 3 is 2.56 bits per heavy atom. The Morgan fingerprint density at radius 1 is 1.24 bits per heavy atom. The van der Waals surface area contributed by atoms with Crippen molar-refractivity contribution in [2.45, 2.75) is 23.6 Å². The molecule has 0 radical (unpaired) electrons. The number of hydrogen-bond acceptors (Lipinski definition) is 7. The first-order chi connectivity index (χ1) is 11.8. The second-order valence-electron chi connectivity index (χ2n) is 5.52. The van der Waals surface area contributed by atoms with Gasteiger partial charge in [-0.05, 0) is 30.0 Å².